The summed E-state index contributed by atoms with van der Waals surface area (Å²) in [6.07, 6.45) is 3.44. The molecule has 0 unspecified atom stereocenters. The van der Waals surface area contributed by atoms with Gasteiger partial charge in [0, 0.05) is 42.3 Å². The fourth-order valence-electron chi connectivity index (χ4n) is 4.57. The van der Waals surface area contributed by atoms with Gasteiger partial charge >= 0.3 is 0 Å². The summed E-state index contributed by atoms with van der Waals surface area (Å²) in [4.78, 5) is 14.8. The molecule has 4 rings (SSSR count). The van der Waals surface area contributed by atoms with Crippen LogP contribution in [0.3, 0.4) is 0 Å². The maximum Gasteiger partial charge on any atom is 0.251 e. The molecule has 0 radical (unpaired) electrons. The van der Waals surface area contributed by atoms with Gasteiger partial charge in [0.1, 0.15) is 0 Å². The summed E-state index contributed by atoms with van der Waals surface area (Å²) in [5.41, 5.74) is 13.1. The van der Waals surface area contributed by atoms with Crippen LogP contribution in [-0.4, -0.2) is 23.6 Å². The number of aromatic nitrogens is 1. The second-order valence-electron chi connectivity index (χ2n) is 7.91. The van der Waals surface area contributed by atoms with Crippen molar-refractivity contribution in [1.82, 2.24) is 4.57 Å². The van der Waals surface area contributed by atoms with E-state index in [1.54, 1.807) is 0 Å². The molecular weight excluding hydrogens is 358 g/mol. The van der Waals surface area contributed by atoms with Crippen molar-refractivity contribution in [2.75, 3.05) is 18.0 Å². The van der Waals surface area contributed by atoms with Gasteiger partial charge in [0.25, 0.3) is 5.91 Å². The number of rotatable bonds is 6. The lowest BCUT2D eigenvalue weighted by molar-refractivity contribution is 0.1000. The molecule has 1 saturated heterocycles. The van der Waals surface area contributed by atoms with Gasteiger partial charge in [-0.1, -0.05) is 42.5 Å². The fraction of sp³-hybridized carbons (Fsp3) is 0.320. The lowest BCUT2D eigenvalue weighted by Gasteiger charge is -2.18. The number of primary amides is 1. The largest absolute Gasteiger partial charge is 0.372 e. The Morgan fingerprint density at radius 2 is 1.59 bits per heavy atom. The highest BCUT2D eigenvalue weighted by atomic mass is 16.1. The molecule has 3 aromatic rings. The predicted octanol–water partition coefficient (Wildman–Crippen LogP) is 4.71. The van der Waals surface area contributed by atoms with Crippen molar-refractivity contribution < 1.29 is 4.79 Å². The molecule has 2 heterocycles. The molecule has 1 amide bonds. The lowest BCUT2D eigenvalue weighted by atomic mass is 9.99. The second-order valence-corrected chi connectivity index (χ2v) is 7.91. The van der Waals surface area contributed by atoms with Gasteiger partial charge in [-0.25, -0.2) is 0 Å². The van der Waals surface area contributed by atoms with Gasteiger partial charge in [0.2, 0.25) is 0 Å². The van der Waals surface area contributed by atoms with E-state index in [4.69, 9.17) is 5.73 Å². The quantitative estimate of drug-likeness (QED) is 0.666. The molecule has 2 aromatic carbocycles. The van der Waals surface area contributed by atoms with Crippen LogP contribution in [0.4, 0.5) is 5.69 Å². The standard InChI is InChI=1S/C25H29N3O/c1-18-23(21-10-12-22(13-11-21)27-15-6-7-16-27)24(25(26)29)19(2)28(18)17-14-20-8-4-3-5-9-20/h3-5,8-13H,6-7,14-17H2,1-2H3,(H2,26,29). The first kappa shape index (κ1) is 19.3. The van der Waals surface area contributed by atoms with E-state index in [-0.39, 0.29) is 5.91 Å². The molecule has 2 N–H and O–H groups in total. The van der Waals surface area contributed by atoms with Gasteiger partial charge in [0.05, 0.1) is 5.56 Å². The molecule has 4 heteroatoms. The number of hydrogen-bond acceptors (Lipinski definition) is 2. The molecule has 1 aliphatic rings. The van der Waals surface area contributed by atoms with Crippen molar-refractivity contribution >= 4 is 11.6 Å². The van der Waals surface area contributed by atoms with E-state index in [0.29, 0.717) is 5.56 Å². The van der Waals surface area contributed by atoms with Crippen molar-refractivity contribution in [2.24, 2.45) is 5.73 Å². The summed E-state index contributed by atoms with van der Waals surface area (Å²) >= 11 is 0. The van der Waals surface area contributed by atoms with E-state index < -0.39 is 0 Å². The number of anilines is 1. The van der Waals surface area contributed by atoms with Gasteiger partial charge in [-0.2, -0.15) is 0 Å². The van der Waals surface area contributed by atoms with Crippen LogP contribution < -0.4 is 10.6 Å². The van der Waals surface area contributed by atoms with Crippen LogP contribution in [-0.2, 0) is 13.0 Å². The van der Waals surface area contributed by atoms with Crippen LogP contribution in [0.2, 0.25) is 0 Å². The Hall–Kier alpha value is -3.01. The normalized spacial score (nSPS) is 13.8. The van der Waals surface area contributed by atoms with Crippen LogP contribution in [0, 0.1) is 13.8 Å². The zero-order valence-corrected chi connectivity index (χ0v) is 17.3. The van der Waals surface area contributed by atoms with Gasteiger partial charge in [-0.15, -0.1) is 0 Å². The van der Waals surface area contributed by atoms with Crippen LogP contribution in [0.15, 0.2) is 54.6 Å². The third kappa shape index (κ3) is 3.80. The summed E-state index contributed by atoms with van der Waals surface area (Å²) in [6.45, 7) is 7.17. The van der Waals surface area contributed by atoms with Crippen molar-refractivity contribution in [3.05, 3.63) is 77.1 Å². The molecule has 0 saturated carbocycles. The van der Waals surface area contributed by atoms with E-state index in [0.717, 1.165) is 48.6 Å². The molecule has 1 fully saturated rings. The maximum atomic E-state index is 12.3. The molecule has 0 atom stereocenters. The van der Waals surface area contributed by atoms with Crippen molar-refractivity contribution in [3.63, 3.8) is 0 Å². The Bertz CT molecular complexity index is 997. The third-order valence-electron chi connectivity index (χ3n) is 6.12. The molecule has 4 nitrogen and oxygen atoms in total. The summed E-state index contributed by atoms with van der Waals surface area (Å²) in [5.74, 6) is -0.359. The highest BCUT2D eigenvalue weighted by Gasteiger charge is 2.23. The molecular formula is C25H29N3O. The van der Waals surface area contributed by atoms with E-state index in [1.807, 2.05) is 13.0 Å². The zero-order valence-electron chi connectivity index (χ0n) is 17.3. The highest BCUT2D eigenvalue weighted by molar-refractivity contribution is 6.02. The number of hydrogen-bond donors (Lipinski definition) is 1. The van der Waals surface area contributed by atoms with Crippen molar-refractivity contribution in [2.45, 2.75) is 39.7 Å². The molecule has 1 aromatic heterocycles. The first-order chi connectivity index (χ1) is 14.1. The van der Waals surface area contributed by atoms with Crippen molar-refractivity contribution in [3.8, 4) is 11.1 Å². The second kappa shape index (κ2) is 8.16. The van der Waals surface area contributed by atoms with Crippen LogP contribution in [0.25, 0.3) is 11.1 Å². The predicted molar refractivity (Wildman–Crippen MR) is 119 cm³/mol. The van der Waals surface area contributed by atoms with Crippen LogP contribution >= 0.6 is 0 Å². The molecule has 1 aliphatic heterocycles. The average Bonchev–Trinajstić information content (AvgIpc) is 3.35. The number of nitrogens with zero attached hydrogens (tertiary/aromatic N) is 2. The minimum absolute atomic E-state index is 0.359. The molecule has 0 aliphatic carbocycles. The SMILES string of the molecule is Cc1c(C(N)=O)c(-c2ccc(N3CCCC3)cc2)c(C)n1CCc1ccccc1. The molecule has 29 heavy (non-hydrogen) atoms. The van der Waals surface area contributed by atoms with E-state index in [1.165, 1.54) is 24.1 Å². The number of nitrogens with two attached hydrogens (primary N) is 1. The number of benzene rings is 2. The highest BCUT2D eigenvalue weighted by Crippen LogP contribution is 2.34. The number of aryl methyl sites for hydroxylation is 1. The number of carbonyl (C=O) groups excluding carboxylic acids is 1. The smallest absolute Gasteiger partial charge is 0.251 e. The van der Waals surface area contributed by atoms with Crippen LogP contribution in [0.5, 0.6) is 0 Å². The number of amides is 1. The monoisotopic (exact) mass is 387 g/mol. The van der Waals surface area contributed by atoms with E-state index in [2.05, 4.69) is 64.9 Å². The fourth-order valence-corrected chi connectivity index (χ4v) is 4.57. The lowest BCUT2D eigenvalue weighted by Crippen LogP contribution is -2.17. The molecule has 150 valence electrons. The van der Waals surface area contributed by atoms with Gasteiger partial charge < -0.3 is 15.2 Å². The van der Waals surface area contributed by atoms with Gasteiger partial charge in [-0.05, 0) is 56.4 Å². The topological polar surface area (TPSA) is 51.3 Å². The maximum absolute atomic E-state index is 12.3. The molecule has 0 spiro atoms. The Balaban J connectivity index is 1.68. The summed E-state index contributed by atoms with van der Waals surface area (Å²) in [6, 6.07) is 19.0. The Morgan fingerprint density at radius 1 is 0.931 bits per heavy atom. The first-order valence-electron chi connectivity index (χ1n) is 10.4. The van der Waals surface area contributed by atoms with E-state index >= 15 is 0 Å². The van der Waals surface area contributed by atoms with Gasteiger partial charge in [-0.3, -0.25) is 4.79 Å². The van der Waals surface area contributed by atoms with Crippen molar-refractivity contribution in [1.29, 1.82) is 0 Å². The Labute approximate surface area is 173 Å². The molecule has 0 bridgehead atoms. The first-order valence-corrected chi connectivity index (χ1v) is 10.4. The van der Waals surface area contributed by atoms with Crippen LogP contribution in [0.1, 0.15) is 40.2 Å². The van der Waals surface area contributed by atoms with E-state index in [9.17, 15) is 4.79 Å². The summed E-state index contributed by atoms with van der Waals surface area (Å²) in [7, 11) is 0. The summed E-state index contributed by atoms with van der Waals surface area (Å²) < 4.78 is 2.23. The third-order valence-corrected chi connectivity index (χ3v) is 6.12. The van der Waals surface area contributed by atoms with Gasteiger partial charge in [0.15, 0.2) is 0 Å². The zero-order chi connectivity index (χ0) is 20.4. The number of carbonyl (C=O) groups is 1. The summed E-state index contributed by atoms with van der Waals surface area (Å²) in [5, 5.41) is 0. The average molecular weight is 388 g/mol. The Morgan fingerprint density at radius 3 is 2.21 bits per heavy atom. The minimum atomic E-state index is -0.359. The minimum Gasteiger partial charge on any atom is -0.372 e. The Kier molecular flexibility index (Phi) is 5.43.